The van der Waals surface area contributed by atoms with Crippen molar-refractivity contribution in [1.82, 2.24) is 14.9 Å². The third kappa shape index (κ3) is 4.11. The summed E-state index contributed by atoms with van der Waals surface area (Å²) in [7, 11) is 2.01. The monoisotopic (exact) mass is 388 g/mol. The van der Waals surface area contributed by atoms with Crippen LogP contribution < -0.4 is 10.6 Å². The van der Waals surface area contributed by atoms with Gasteiger partial charge in [0.05, 0.1) is 0 Å². The highest BCUT2D eigenvalue weighted by Gasteiger charge is 2.20. The number of fused-ring (bicyclic) bond motifs is 1. The van der Waals surface area contributed by atoms with Gasteiger partial charge >= 0.3 is 6.03 Å². The number of pyridine rings is 1. The van der Waals surface area contributed by atoms with Crippen LogP contribution in [0.3, 0.4) is 0 Å². The highest BCUT2D eigenvalue weighted by atomic mass is 19.1. The summed E-state index contributed by atoms with van der Waals surface area (Å²) >= 11 is 0. The van der Waals surface area contributed by atoms with Gasteiger partial charge in [0, 0.05) is 54.7 Å². The van der Waals surface area contributed by atoms with Gasteiger partial charge in [-0.2, -0.15) is 0 Å². The number of benzene rings is 2. The smallest absolute Gasteiger partial charge is 0.319 e. The minimum Gasteiger partial charge on any atom is -0.350 e. The summed E-state index contributed by atoms with van der Waals surface area (Å²) in [5.41, 5.74) is 3.66. The van der Waals surface area contributed by atoms with E-state index in [-0.39, 0.29) is 11.9 Å². The third-order valence-corrected chi connectivity index (χ3v) is 4.94. The van der Waals surface area contributed by atoms with Crippen molar-refractivity contribution in [2.45, 2.75) is 5.92 Å². The molecule has 0 aliphatic carbocycles. The van der Waals surface area contributed by atoms with Gasteiger partial charge in [-0.3, -0.25) is 4.98 Å². The zero-order chi connectivity index (χ0) is 20.2. The first-order chi connectivity index (χ1) is 14.1. The molecule has 2 amide bonds. The Morgan fingerprint density at radius 2 is 2.00 bits per heavy atom. The van der Waals surface area contributed by atoms with Gasteiger partial charge < -0.3 is 15.2 Å². The van der Waals surface area contributed by atoms with Gasteiger partial charge in [-0.1, -0.05) is 30.3 Å². The number of para-hydroxylation sites is 1. The first kappa shape index (κ1) is 18.7. The molecule has 5 nitrogen and oxygen atoms in total. The van der Waals surface area contributed by atoms with Crippen molar-refractivity contribution in [2.24, 2.45) is 7.05 Å². The lowest BCUT2D eigenvalue weighted by atomic mass is 9.92. The number of amides is 2. The second-order valence-corrected chi connectivity index (χ2v) is 6.90. The van der Waals surface area contributed by atoms with Gasteiger partial charge in [-0.25, -0.2) is 9.18 Å². The molecule has 0 saturated carbocycles. The summed E-state index contributed by atoms with van der Waals surface area (Å²) in [5, 5.41) is 6.72. The van der Waals surface area contributed by atoms with E-state index in [2.05, 4.69) is 38.5 Å². The van der Waals surface area contributed by atoms with Crippen LogP contribution in [0.2, 0.25) is 0 Å². The van der Waals surface area contributed by atoms with Crippen molar-refractivity contribution in [3.05, 3.63) is 96.2 Å². The molecule has 4 rings (SSSR count). The van der Waals surface area contributed by atoms with Gasteiger partial charge in [0.25, 0.3) is 0 Å². The van der Waals surface area contributed by atoms with E-state index in [1.165, 1.54) is 12.1 Å². The quantitative estimate of drug-likeness (QED) is 0.522. The molecule has 0 radical (unpaired) electrons. The molecule has 0 aliphatic rings. The number of carbonyl (C=O) groups excluding carboxylic acids is 1. The summed E-state index contributed by atoms with van der Waals surface area (Å²) in [4.78, 5) is 16.6. The minimum absolute atomic E-state index is 0.0759. The van der Waals surface area contributed by atoms with Gasteiger partial charge in [-0.15, -0.1) is 0 Å². The topological polar surface area (TPSA) is 59.0 Å². The van der Waals surface area contributed by atoms with Crippen LogP contribution in [0.5, 0.6) is 0 Å². The van der Waals surface area contributed by atoms with E-state index in [1.54, 1.807) is 18.3 Å². The number of anilines is 1. The summed E-state index contributed by atoms with van der Waals surface area (Å²) in [6.45, 7) is 0.376. The largest absolute Gasteiger partial charge is 0.350 e. The molecule has 6 heteroatoms. The third-order valence-electron chi connectivity index (χ3n) is 4.94. The molecular formula is C23H21FN4O. The van der Waals surface area contributed by atoms with Gasteiger partial charge in [0.2, 0.25) is 0 Å². The number of hydrogen-bond acceptors (Lipinski definition) is 2. The number of rotatable bonds is 5. The molecule has 4 aromatic rings. The molecule has 0 spiro atoms. The fourth-order valence-electron chi connectivity index (χ4n) is 3.58. The van der Waals surface area contributed by atoms with E-state index in [9.17, 15) is 9.18 Å². The molecule has 0 fully saturated rings. The first-order valence-corrected chi connectivity index (χ1v) is 9.36. The molecule has 2 aromatic heterocycles. The van der Waals surface area contributed by atoms with E-state index in [0.29, 0.717) is 12.2 Å². The summed E-state index contributed by atoms with van der Waals surface area (Å²) in [6.07, 6.45) is 5.64. The molecule has 0 aliphatic heterocycles. The number of nitrogens with one attached hydrogen (secondary N) is 2. The Hall–Kier alpha value is -3.67. The van der Waals surface area contributed by atoms with Crippen LogP contribution in [0.15, 0.2) is 79.3 Å². The summed E-state index contributed by atoms with van der Waals surface area (Å²) in [5.74, 6) is -0.472. The highest BCUT2D eigenvalue weighted by Crippen LogP contribution is 2.31. The molecule has 0 bridgehead atoms. The Kier molecular flexibility index (Phi) is 5.24. The Morgan fingerprint density at radius 1 is 1.14 bits per heavy atom. The number of halogens is 1. The maximum atomic E-state index is 13.3. The van der Waals surface area contributed by atoms with Crippen LogP contribution in [-0.4, -0.2) is 22.1 Å². The van der Waals surface area contributed by atoms with E-state index in [4.69, 9.17) is 0 Å². The van der Waals surface area contributed by atoms with E-state index in [0.717, 1.165) is 22.0 Å². The van der Waals surface area contributed by atoms with Gasteiger partial charge in [0.1, 0.15) is 5.82 Å². The second kappa shape index (κ2) is 8.14. The predicted octanol–water partition coefficient (Wildman–Crippen LogP) is 4.67. The number of carbonyl (C=O) groups is 1. The van der Waals surface area contributed by atoms with Crippen molar-refractivity contribution in [3.63, 3.8) is 0 Å². The average molecular weight is 388 g/mol. The fraction of sp³-hybridized carbons (Fsp3) is 0.130. The SMILES string of the molecule is Cn1cc(C(CNC(=O)Nc2cccc(F)c2)c2cccnc2)c2ccccc21. The summed E-state index contributed by atoms with van der Waals surface area (Å²) in [6, 6.07) is 17.5. The lowest BCUT2D eigenvalue weighted by Gasteiger charge is -2.18. The van der Waals surface area contributed by atoms with Crippen molar-refractivity contribution in [2.75, 3.05) is 11.9 Å². The van der Waals surface area contributed by atoms with Crippen LogP contribution >= 0.6 is 0 Å². The van der Waals surface area contributed by atoms with Crippen molar-refractivity contribution in [3.8, 4) is 0 Å². The second-order valence-electron chi connectivity index (χ2n) is 6.90. The van der Waals surface area contributed by atoms with Crippen LogP contribution in [0.1, 0.15) is 17.0 Å². The zero-order valence-corrected chi connectivity index (χ0v) is 16.0. The molecule has 2 N–H and O–H groups in total. The van der Waals surface area contributed by atoms with Crippen LogP contribution in [0.4, 0.5) is 14.9 Å². The van der Waals surface area contributed by atoms with Crippen molar-refractivity contribution in [1.29, 1.82) is 0 Å². The van der Waals surface area contributed by atoms with E-state index in [1.807, 2.05) is 37.5 Å². The highest BCUT2D eigenvalue weighted by molar-refractivity contribution is 5.89. The fourth-order valence-corrected chi connectivity index (χ4v) is 3.58. The van der Waals surface area contributed by atoms with Crippen LogP contribution in [-0.2, 0) is 7.05 Å². The molecule has 2 heterocycles. The minimum atomic E-state index is -0.396. The van der Waals surface area contributed by atoms with E-state index < -0.39 is 5.82 Å². The average Bonchev–Trinajstić information content (AvgIpc) is 3.06. The maximum absolute atomic E-state index is 13.3. The maximum Gasteiger partial charge on any atom is 0.319 e. The van der Waals surface area contributed by atoms with E-state index >= 15 is 0 Å². The zero-order valence-electron chi connectivity index (χ0n) is 16.0. The van der Waals surface area contributed by atoms with Crippen LogP contribution in [0.25, 0.3) is 10.9 Å². The standard InChI is InChI=1S/C23H21FN4O/c1-28-15-21(19-9-2-3-10-22(19)28)20(16-6-5-11-25-13-16)14-26-23(29)27-18-8-4-7-17(24)12-18/h2-13,15,20H,14H2,1H3,(H2,26,27,29). The number of aromatic nitrogens is 2. The molecule has 146 valence electrons. The Bertz CT molecular complexity index is 1140. The molecular weight excluding hydrogens is 367 g/mol. The van der Waals surface area contributed by atoms with Crippen molar-refractivity contribution < 1.29 is 9.18 Å². The molecule has 1 unspecified atom stereocenters. The molecule has 0 saturated heterocycles. The normalized spacial score (nSPS) is 11.9. The van der Waals surface area contributed by atoms with Crippen LogP contribution in [0, 0.1) is 5.82 Å². The number of hydrogen-bond donors (Lipinski definition) is 2. The lowest BCUT2D eigenvalue weighted by molar-refractivity contribution is 0.252. The summed E-state index contributed by atoms with van der Waals surface area (Å²) < 4.78 is 15.4. The lowest BCUT2D eigenvalue weighted by Crippen LogP contribution is -2.32. The molecule has 29 heavy (non-hydrogen) atoms. The Morgan fingerprint density at radius 3 is 2.79 bits per heavy atom. The molecule has 1 atom stereocenters. The number of urea groups is 1. The predicted molar refractivity (Wildman–Crippen MR) is 112 cm³/mol. The Balaban J connectivity index is 1.59. The van der Waals surface area contributed by atoms with Gasteiger partial charge in [-0.05, 0) is 41.5 Å². The van der Waals surface area contributed by atoms with Gasteiger partial charge in [0.15, 0.2) is 0 Å². The number of nitrogens with zero attached hydrogens (tertiary/aromatic N) is 2. The molecule has 2 aromatic carbocycles. The van der Waals surface area contributed by atoms with Crippen molar-refractivity contribution >= 4 is 22.6 Å². The first-order valence-electron chi connectivity index (χ1n) is 9.36. The number of aryl methyl sites for hydroxylation is 1. The Labute approximate surface area is 168 Å².